The highest BCUT2D eigenvalue weighted by atomic mass is 32.2. The molecular formula is C12H12F2O3S. The second-order valence-electron chi connectivity index (χ2n) is 3.52. The first kappa shape index (κ1) is 14.6. The lowest BCUT2D eigenvalue weighted by atomic mass is 10.1. The fraction of sp³-hybridized carbons (Fsp3) is 0.333. The molecule has 0 aliphatic carbocycles. The van der Waals surface area contributed by atoms with Crippen LogP contribution < -0.4 is 0 Å². The molecule has 98 valence electrons. The molecule has 0 spiro atoms. The van der Waals surface area contributed by atoms with E-state index in [-0.39, 0.29) is 17.1 Å². The number of carbonyl (C=O) groups is 2. The van der Waals surface area contributed by atoms with E-state index in [1.54, 1.807) is 6.92 Å². The quantitative estimate of drug-likeness (QED) is 0.611. The molecule has 1 aromatic rings. The number of thioether (sulfide) groups is 1. The second-order valence-corrected chi connectivity index (χ2v) is 4.85. The van der Waals surface area contributed by atoms with Crippen LogP contribution in [0, 0.1) is 11.6 Å². The Hall–Kier alpha value is -1.43. The molecule has 0 N–H and O–H groups in total. The minimum Gasteiger partial charge on any atom is -0.468 e. The number of Topliss-reactive ketones (excluding diaryl/α,β-unsaturated/α-hetero) is 1. The van der Waals surface area contributed by atoms with Crippen LogP contribution in [0.2, 0.25) is 0 Å². The molecule has 3 nitrogen and oxygen atoms in total. The van der Waals surface area contributed by atoms with Gasteiger partial charge < -0.3 is 4.74 Å². The number of carbonyl (C=O) groups excluding carboxylic acids is 2. The third-order valence-corrected chi connectivity index (χ3v) is 3.37. The molecule has 1 atom stereocenters. The summed E-state index contributed by atoms with van der Waals surface area (Å²) in [6.45, 7) is 1.59. The van der Waals surface area contributed by atoms with Gasteiger partial charge in [0.2, 0.25) is 0 Å². The van der Waals surface area contributed by atoms with Gasteiger partial charge in [-0.1, -0.05) is 0 Å². The molecule has 0 aromatic heterocycles. The van der Waals surface area contributed by atoms with Gasteiger partial charge >= 0.3 is 5.97 Å². The van der Waals surface area contributed by atoms with Gasteiger partial charge in [-0.05, 0) is 25.1 Å². The predicted octanol–water partition coefficient (Wildman–Crippen LogP) is 2.44. The molecule has 1 unspecified atom stereocenters. The molecule has 0 fully saturated rings. The number of esters is 1. The maximum atomic E-state index is 13.0. The van der Waals surface area contributed by atoms with Crippen molar-refractivity contribution in [1.82, 2.24) is 0 Å². The van der Waals surface area contributed by atoms with Gasteiger partial charge in [-0.25, -0.2) is 8.78 Å². The number of hydrogen-bond donors (Lipinski definition) is 0. The summed E-state index contributed by atoms with van der Waals surface area (Å²) in [5.74, 6) is -2.83. The van der Waals surface area contributed by atoms with Gasteiger partial charge in [-0.15, -0.1) is 11.8 Å². The van der Waals surface area contributed by atoms with Crippen LogP contribution in [0.25, 0.3) is 0 Å². The Balaban J connectivity index is 2.68. The van der Waals surface area contributed by atoms with E-state index < -0.39 is 22.9 Å². The summed E-state index contributed by atoms with van der Waals surface area (Å²) < 4.78 is 30.1. The van der Waals surface area contributed by atoms with Gasteiger partial charge in [0.1, 0.15) is 0 Å². The van der Waals surface area contributed by atoms with Gasteiger partial charge in [-0.2, -0.15) is 0 Å². The Bertz CT molecular complexity index is 463. The van der Waals surface area contributed by atoms with Crippen molar-refractivity contribution in [1.29, 1.82) is 0 Å². The number of ether oxygens (including phenoxy) is 1. The second kappa shape index (κ2) is 6.49. The van der Waals surface area contributed by atoms with Gasteiger partial charge in [-0.3, -0.25) is 9.59 Å². The van der Waals surface area contributed by atoms with Crippen molar-refractivity contribution in [2.24, 2.45) is 0 Å². The standard InChI is InChI=1S/C12H12F2O3S/c1-7(18-6-11(15)17-2)12(16)8-3-4-9(13)10(14)5-8/h3-5,7H,6H2,1-2H3. The zero-order chi connectivity index (χ0) is 13.7. The summed E-state index contributed by atoms with van der Waals surface area (Å²) in [7, 11) is 1.25. The lowest BCUT2D eigenvalue weighted by Crippen LogP contribution is -2.17. The van der Waals surface area contributed by atoms with E-state index in [1.807, 2.05) is 0 Å². The van der Waals surface area contributed by atoms with E-state index in [0.29, 0.717) is 0 Å². The van der Waals surface area contributed by atoms with Crippen molar-refractivity contribution in [2.75, 3.05) is 12.9 Å². The van der Waals surface area contributed by atoms with Crippen molar-refractivity contribution in [3.8, 4) is 0 Å². The molecular weight excluding hydrogens is 262 g/mol. The fourth-order valence-corrected chi connectivity index (χ4v) is 2.00. The van der Waals surface area contributed by atoms with Gasteiger partial charge in [0, 0.05) is 5.56 Å². The van der Waals surface area contributed by atoms with Gasteiger partial charge in [0.05, 0.1) is 18.1 Å². The Morgan fingerprint density at radius 3 is 2.56 bits per heavy atom. The SMILES string of the molecule is COC(=O)CSC(C)C(=O)c1ccc(F)c(F)c1. The lowest BCUT2D eigenvalue weighted by Gasteiger charge is -2.09. The molecule has 0 aliphatic heterocycles. The molecule has 0 amide bonds. The first-order valence-electron chi connectivity index (χ1n) is 5.13. The van der Waals surface area contributed by atoms with Crippen molar-refractivity contribution in [3.05, 3.63) is 35.4 Å². The van der Waals surface area contributed by atoms with Crippen molar-refractivity contribution >= 4 is 23.5 Å². The number of rotatable bonds is 5. The highest BCUT2D eigenvalue weighted by molar-refractivity contribution is 8.01. The summed E-state index contributed by atoms with van der Waals surface area (Å²) in [6.07, 6.45) is 0. The zero-order valence-corrected chi connectivity index (χ0v) is 10.7. The Morgan fingerprint density at radius 2 is 2.00 bits per heavy atom. The molecule has 18 heavy (non-hydrogen) atoms. The van der Waals surface area contributed by atoms with E-state index in [2.05, 4.69) is 4.74 Å². The average molecular weight is 274 g/mol. The summed E-state index contributed by atoms with van der Waals surface area (Å²) in [5.41, 5.74) is 0.0822. The molecule has 0 saturated heterocycles. The van der Waals surface area contributed by atoms with Crippen molar-refractivity contribution in [3.63, 3.8) is 0 Å². The molecule has 0 aliphatic rings. The molecule has 0 heterocycles. The van der Waals surface area contributed by atoms with E-state index in [4.69, 9.17) is 0 Å². The van der Waals surface area contributed by atoms with Crippen LogP contribution in [0.1, 0.15) is 17.3 Å². The normalized spacial score (nSPS) is 12.0. The third-order valence-electron chi connectivity index (χ3n) is 2.25. The lowest BCUT2D eigenvalue weighted by molar-refractivity contribution is -0.137. The van der Waals surface area contributed by atoms with Crippen LogP contribution in [0.15, 0.2) is 18.2 Å². The first-order chi connectivity index (χ1) is 8.45. The molecule has 0 bridgehead atoms. The summed E-state index contributed by atoms with van der Waals surface area (Å²) in [6, 6.07) is 2.98. The minimum absolute atomic E-state index is 0.0348. The number of benzene rings is 1. The highest BCUT2D eigenvalue weighted by Crippen LogP contribution is 2.18. The maximum Gasteiger partial charge on any atom is 0.315 e. The highest BCUT2D eigenvalue weighted by Gasteiger charge is 2.18. The molecule has 1 aromatic carbocycles. The predicted molar refractivity (Wildman–Crippen MR) is 64.6 cm³/mol. The monoisotopic (exact) mass is 274 g/mol. The Morgan fingerprint density at radius 1 is 1.33 bits per heavy atom. The summed E-state index contributed by atoms with van der Waals surface area (Å²) in [5, 5.41) is -0.533. The van der Waals surface area contributed by atoms with Crippen LogP contribution in [-0.2, 0) is 9.53 Å². The number of hydrogen-bond acceptors (Lipinski definition) is 4. The zero-order valence-electron chi connectivity index (χ0n) is 9.91. The summed E-state index contributed by atoms with van der Waals surface area (Å²) >= 11 is 1.08. The Kier molecular flexibility index (Phi) is 5.27. The van der Waals surface area contributed by atoms with E-state index in [1.165, 1.54) is 13.2 Å². The molecule has 6 heteroatoms. The van der Waals surface area contributed by atoms with Crippen LogP contribution in [0.3, 0.4) is 0 Å². The van der Waals surface area contributed by atoms with Gasteiger partial charge in [0.15, 0.2) is 17.4 Å². The van der Waals surface area contributed by atoms with Crippen LogP contribution in [0.5, 0.6) is 0 Å². The minimum atomic E-state index is -1.06. The first-order valence-corrected chi connectivity index (χ1v) is 6.18. The van der Waals surface area contributed by atoms with Crippen LogP contribution in [0.4, 0.5) is 8.78 Å². The maximum absolute atomic E-state index is 13.0. The molecule has 0 radical (unpaired) electrons. The topological polar surface area (TPSA) is 43.4 Å². The fourth-order valence-electron chi connectivity index (χ4n) is 1.21. The van der Waals surface area contributed by atoms with E-state index in [0.717, 1.165) is 23.9 Å². The van der Waals surface area contributed by atoms with E-state index in [9.17, 15) is 18.4 Å². The van der Waals surface area contributed by atoms with Crippen LogP contribution in [-0.4, -0.2) is 29.9 Å². The van der Waals surface area contributed by atoms with Crippen LogP contribution >= 0.6 is 11.8 Å². The third kappa shape index (κ3) is 3.80. The number of methoxy groups -OCH3 is 1. The summed E-state index contributed by atoms with van der Waals surface area (Å²) in [4.78, 5) is 22.8. The smallest absolute Gasteiger partial charge is 0.315 e. The Labute approximate surface area is 108 Å². The van der Waals surface area contributed by atoms with Crippen molar-refractivity contribution < 1.29 is 23.1 Å². The largest absolute Gasteiger partial charge is 0.468 e. The van der Waals surface area contributed by atoms with E-state index >= 15 is 0 Å². The van der Waals surface area contributed by atoms with Gasteiger partial charge in [0.25, 0.3) is 0 Å². The number of halogens is 2. The number of ketones is 1. The molecule has 1 rings (SSSR count). The molecule has 0 saturated carbocycles. The average Bonchev–Trinajstić information content (AvgIpc) is 2.37. The van der Waals surface area contributed by atoms with Crippen molar-refractivity contribution in [2.45, 2.75) is 12.2 Å².